The number of ether oxygens (including phenoxy) is 2. The van der Waals surface area contributed by atoms with Crippen LogP contribution in [0.1, 0.15) is 44.1 Å². The number of nitrogens with zero attached hydrogens (tertiary/aromatic N) is 1. The van der Waals surface area contributed by atoms with E-state index in [0.717, 1.165) is 37.7 Å². The number of hydrogen-bond donors (Lipinski definition) is 0. The molecule has 2 aliphatic carbocycles. The van der Waals surface area contributed by atoms with Crippen LogP contribution in [0.5, 0.6) is 11.5 Å². The van der Waals surface area contributed by atoms with Gasteiger partial charge in [0.1, 0.15) is 0 Å². The molecule has 0 aliphatic heterocycles. The van der Waals surface area contributed by atoms with Crippen molar-refractivity contribution in [3.63, 3.8) is 0 Å². The monoisotopic (exact) mass is 307 g/mol. The predicted octanol–water partition coefficient (Wildman–Crippen LogP) is 3.99. The van der Waals surface area contributed by atoms with E-state index in [0.29, 0.717) is 16.5 Å². The first kappa shape index (κ1) is 14.4. The van der Waals surface area contributed by atoms with E-state index in [1.54, 1.807) is 19.3 Å². The second-order valence-electron chi connectivity index (χ2n) is 5.74. The molecular formula is C16H18ClNO3. The molecule has 0 amide bonds. The van der Waals surface area contributed by atoms with Gasteiger partial charge in [-0.3, -0.25) is 0 Å². The molecule has 0 bridgehead atoms. The number of rotatable bonds is 5. The maximum absolute atomic E-state index is 10.7. The molecule has 0 saturated heterocycles. The van der Waals surface area contributed by atoms with E-state index < -0.39 is 5.54 Å². The van der Waals surface area contributed by atoms with E-state index in [9.17, 15) is 4.79 Å². The van der Waals surface area contributed by atoms with E-state index in [1.165, 1.54) is 6.42 Å². The Morgan fingerprint density at radius 2 is 2.05 bits per heavy atom. The van der Waals surface area contributed by atoms with Crippen LogP contribution in [0.2, 0.25) is 5.02 Å². The molecule has 112 valence electrons. The zero-order chi connectivity index (χ0) is 14.9. The molecule has 2 saturated carbocycles. The Balaban J connectivity index is 1.99. The fourth-order valence-electron chi connectivity index (χ4n) is 2.85. The molecule has 5 heteroatoms. The van der Waals surface area contributed by atoms with Crippen molar-refractivity contribution in [2.24, 2.45) is 4.99 Å². The highest BCUT2D eigenvalue weighted by molar-refractivity contribution is 6.31. The van der Waals surface area contributed by atoms with Crippen LogP contribution in [0.15, 0.2) is 17.1 Å². The van der Waals surface area contributed by atoms with E-state index in [4.69, 9.17) is 21.1 Å². The first-order valence-corrected chi connectivity index (χ1v) is 7.70. The Kier molecular flexibility index (Phi) is 3.92. The van der Waals surface area contributed by atoms with Crippen LogP contribution in [0.3, 0.4) is 0 Å². The summed E-state index contributed by atoms with van der Waals surface area (Å²) in [6, 6.07) is 3.64. The van der Waals surface area contributed by atoms with Crippen molar-refractivity contribution in [2.45, 2.75) is 50.2 Å². The Bertz CT molecular complexity index is 587. The van der Waals surface area contributed by atoms with E-state index in [1.807, 2.05) is 6.07 Å². The van der Waals surface area contributed by atoms with Crippen LogP contribution < -0.4 is 9.47 Å². The van der Waals surface area contributed by atoms with Crippen molar-refractivity contribution < 1.29 is 14.3 Å². The molecule has 0 N–H and O–H groups in total. The largest absolute Gasteiger partial charge is 0.493 e. The number of methoxy groups -OCH3 is 1. The minimum atomic E-state index is -0.525. The molecule has 2 fully saturated rings. The number of carbonyl (C=O) groups excluding carboxylic acids is 1. The van der Waals surface area contributed by atoms with Crippen molar-refractivity contribution in [1.82, 2.24) is 0 Å². The average molecular weight is 308 g/mol. The third-order valence-electron chi connectivity index (χ3n) is 4.54. The maximum atomic E-state index is 10.7. The number of hydrogen-bond acceptors (Lipinski definition) is 4. The summed E-state index contributed by atoms with van der Waals surface area (Å²) in [4.78, 5) is 14.8. The van der Waals surface area contributed by atoms with Gasteiger partial charge in [-0.05, 0) is 44.6 Å². The predicted molar refractivity (Wildman–Crippen MR) is 79.9 cm³/mol. The molecule has 2 aliphatic rings. The second-order valence-corrected chi connectivity index (χ2v) is 6.15. The summed E-state index contributed by atoms with van der Waals surface area (Å²) in [5.74, 6) is 1.31. The van der Waals surface area contributed by atoms with Crippen LogP contribution in [0.4, 0.5) is 0 Å². The Hall–Kier alpha value is -1.51. The Morgan fingerprint density at radius 1 is 1.29 bits per heavy atom. The third kappa shape index (κ3) is 2.54. The summed E-state index contributed by atoms with van der Waals surface area (Å²) < 4.78 is 11.3. The van der Waals surface area contributed by atoms with Crippen molar-refractivity contribution in [3.8, 4) is 11.5 Å². The van der Waals surface area contributed by atoms with Crippen molar-refractivity contribution >= 4 is 17.7 Å². The topological polar surface area (TPSA) is 47.9 Å². The molecule has 0 spiro atoms. The van der Waals surface area contributed by atoms with E-state index in [2.05, 4.69) is 4.99 Å². The van der Waals surface area contributed by atoms with Crippen molar-refractivity contribution in [1.29, 1.82) is 0 Å². The molecule has 0 atom stereocenters. The normalized spacial score (nSPS) is 19.9. The molecule has 21 heavy (non-hydrogen) atoms. The summed E-state index contributed by atoms with van der Waals surface area (Å²) >= 11 is 6.37. The number of aliphatic imine (C=N–C) groups is 1. The SMILES string of the molecule is COc1cc(Cl)c(C2(N=C=O)CCC2)cc1OC1CCC1. The van der Waals surface area contributed by atoms with Crippen molar-refractivity contribution in [3.05, 3.63) is 22.7 Å². The highest BCUT2D eigenvalue weighted by atomic mass is 35.5. The molecule has 0 radical (unpaired) electrons. The molecule has 3 rings (SSSR count). The first-order chi connectivity index (χ1) is 10.2. The van der Waals surface area contributed by atoms with Gasteiger partial charge in [-0.25, -0.2) is 4.79 Å². The fourth-order valence-corrected chi connectivity index (χ4v) is 3.18. The molecule has 0 heterocycles. The van der Waals surface area contributed by atoms with Gasteiger partial charge >= 0.3 is 0 Å². The maximum Gasteiger partial charge on any atom is 0.235 e. The lowest BCUT2D eigenvalue weighted by atomic mass is 9.72. The summed E-state index contributed by atoms with van der Waals surface area (Å²) in [5, 5.41) is 0.562. The molecule has 1 aromatic carbocycles. The minimum Gasteiger partial charge on any atom is -0.493 e. The smallest absolute Gasteiger partial charge is 0.235 e. The van der Waals surface area contributed by atoms with E-state index in [-0.39, 0.29) is 6.10 Å². The zero-order valence-electron chi connectivity index (χ0n) is 12.0. The van der Waals surface area contributed by atoms with Gasteiger partial charge in [-0.1, -0.05) is 11.6 Å². The van der Waals surface area contributed by atoms with Gasteiger partial charge in [0.15, 0.2) is 11.5 Å². The molecule has 4 nitrogen and oxygen atoms in total. The van der Waals surface area contributed by atoms with Gasteiger partial charge < -0.3 is 9.47 Å². The lowest BCUT2D eigenvalue weighted by Gasteiger charge is -2.38. The minimum absolute atomic E-state index is 0.250. The van der Waals surface area contributed by atoms with Gasteiger partial charge in [0.2, 0.25) is 6.08 Å². The summed E-state index contributed by atoms with van der Waals surface area (Å²) in [6.07, 6.45) is 7.95. The standard InChI is InChI=1S/C16H18ClNO3/c1-20-14-9-13(17)12(16(18-10-19)6-3-7-16)8-15(14)21-11-4-2-5-11/h8-9,11H,2-7H2,1H3. The van der Waals surface area contributed by atoms with Crippen LogP contribution in [-0.4, -0.2) is 19.3 Å². The van der Waals surface area contributed by atoms with Gasteiger partial charge in [-0.15, -0.1) is 0 Å². The second kappa shape index (κ2) is 5.70. The van der Waals surface area contributed by atoms with E-state index >= 15 is 0 Å². The van der Waals surface area contributed by atoms with Crippen LogP contribution in [0.25, 0.3) is 0 Å². The van der Waals surface area contributed by atoms with Crippen LogP contribution in [-0.2, 0) is 10.3 Å². The first-order valence-electron chi connectivity index (χ1n) is 7.32. The summed E-state index contributed by atoms with van der Waals surface area (Å²) in [7, 11) is 1.60. The summed E-state index contributed by atoms with van der Waals surface area (Å²) in [5.41, 5.74) is 0.317. The number of halogens is 1. The van der Waals surface area contributed by atoms with Crippen molar-refractivity contribution in [2.75, 3.05) is 7.11 Å². The Morgan fingerprint density at radius 3 is 2.52 bits per heavy atom. The quantitative estimate of drug-likeness (QED) is 0.610. The molecular weight excluding hydrogens is 290 g/mol. The Labute approximate surface area is 129 Å². The highest BCUT2D eigenvalue weighted by Gasteiger charge is 2.41. The van der Waals surface area contributed by atoms with Gasteiger partial charge in [0.05, 0.1) is 23.8 Å². The van der Waals surface area contributed by atoms with Gasteiger partial charge in [0, 0.05) is 11.6 Å². The summed E-state index contributed by atoms with van der Waals surface area (Å²) in [6.45, 7) is 0. The zero-order valence-corrected chi connectivity index (χ0v) is 12.8. The lowest BCUT2D eigenvalue weighted by Crippen LogP contribution is -2.32. The lowest BCUT2D eigenvalue weighted by molar-refractivity contribution is 0.115. The third-order valence-corrected chi connectivity index (χ3v) is 4.85. The van der Waals surface area contributed by atoms with Crippen LogP contribution in [0, 0.1) is 0 Å². The number of isocyanates is 1. The van der Waals surface area contributed by atoms with Gasteiger partial charge in [-0.2, -0.15) is 4.99 Å². The molecule has 0 aromatic heterocycles. The highest BCUT2D eigenvalue weighted by Crippen LogP contribution is 2.50. The average Bonchev–Trinajstić information content (AvgIpc) is 2.39. The van der Waals surface area contributed by atoms with Gasteiger partial charge in [0.25, 0.3) is 0 Å². The van der Waals surface area contributed by atoms with Crippen LogP contribution >= 0.6 is 11.6 Å². The molecule has 1 aromatic rings. The number of benzene rings is 1. The fraction of sp³-hybridized carbons (Fsp3) is 0.562. The molecule has 0 unspecified atom stereocenters.